The molecule has 0 N–H and O–H groups in total. The van der Waals surface area contributed by atoms with Crippen LogP contribution in [-0.2, 0) is 0 Å². The summed E-state index contributed by atoms with van der Waals surface area (Å²) in [6.07, 6.45) is 0. The quantitative estimate of drug-likeness (QED) is 0.518. The molecule has 0 aliphatic rings. The fraction of sp³-hybridized carbons (Fsp3) is 0.125. The number of halogens is 2. The lowest BCUT2D eigenvalue weighted by atomic mass is 10.3. The zero-order valence-corrected chi connectivity index (χ0v) is 8.43. The molecule has 0 unspecified atom stereocenters. The Balaban J connectivity index is 2.99. The third-order valence-corrected chi connectivity index (χ3v) is 2.20. The van der Waals surface area contributed by atoms with Crippen LogP contribution >= 0.6 is 27.5 Å². The lowest BCUT2D eigenvalue weighted by molar-refractivity contribution is -0.397. The largest absolute Gasteiger partial charge is 0.238 e. The Morgan fingerprint density at radius 2 is 1.91 bits per heavy atom. The standard InChI is InChI=1S/C8H8BrClN/c1-11(6-10)8-4-2-7(9)3-5-8/h2-6H,1H3/q+1. The van der Waals surface area contributed by atoms with Crippen molar-refractivity contribution in [1.82, 2.24) is 0 Å². The number of benzene rings is 1. The first-order valence-electron chi connectivity index (χ1n) is 3.16. The Bertz CT molecular complexity index is 266. The summed E-state index contributed by atoms with van der Waals surface area (Å²) in [6.45, 7) is 0. The molecule has 0 amide bonds. The van der Waals surface area contributed by atoms with Crippen molar-refractivity contribution in [3.05, 3.63) is 28.7 Å². The summed E-state index contributed by atoms with van der Waals surface area (Å²) in [4.78, 5) is 0. The highest BCUT2D eigenvalue weighted by atomic mass is 79.9. The van der Waals surface area contributed by atoms with E-state index in [2.05, 4.69) is 15.9 Å². The Labute approximate surface area is 79.4 Å². The molecule has 0 aromatic heterocycles. The normalized spacial score (nSPS) is 11.7. The van der Waals surface area contributed by atoms with E-state index in [0.717, 1.165) is 10.2 Å². The van der Waals surface area contributed by atoms with Crippen molar-refractivity contribution in [2.45, 2.75) is 0 Å². The van der Waals surface area contributed by atoms with Gasteiger partial charge in [0, 0.05) is 16.6 Å². The van der Waals surface area contributed by atoms with E-state index in [1.807, 2.05) is 35.9 Å². The average Bonchev–Trinajstić information content (AvgIpc) is 2.05. The summed E-state index contributed by atoms with van der Waals surface area (Å²) in [5.74, 6) is 0. The molecule has 1 nitrogen and oxygen atoms in total. The molecule has 1 aromatic carbocycles. The van der Waals surface area contributed by atoms with Gasteiger partial charge >= 0.3 is 0 Å². The van der Waals surface area contributed by atoms with Crippen LogP contribution in [0.5, 0.6) is 0 Å². The van der Waals surface area contributed by atoms with Gasteiger partial charge in [-0.15, -0.1) is 0 Å². The fourth-order valence-corrected chi connectivity index (χ4v) is 1.11. The maximum Gasteiger partial charge on any atom is 0.238 e. The molecule has 58 valence electrons. The van der Waals surface area contributed by atoms with Crippen LogP contribution in [0.25, 0.3) is 0 Å². The molecule has 0 bridgehead atoms. The predicted molar refractivity (Wildman–Crippen MR) is 51.9 cm³/mol. The van der Waals surface area contributed by atoms with Crippen LogP contribution in [0.3, 0.4) is 0 Å². The first-order valence-corrected chi connectivity index (χ1v) is 4.39. The van der Waals surface area contributed by atoms with Gasteiger partial charge in [-0.3, -0.25) is 0 Å². The molecule has 1 aromatic rings. The molecule has 0 atom stereocenters. The van der Waals surface area contributed by atoms with Crippen LogP contribution in [0.4, 0.5) is 5.69 Å². The Morgan fingerprint density at radius 1 is 1.36 bits per heavy atom. The molecule has 0 radical (unpaired) electrons. The molecule has 11 heavy (non-hydrogen) atoms. The van der Waals surface area contributed by atoms with Crippen molar-refractivity contribution in [1.29, 1.82) is 0 Å². The van der Waals surface area contributed by atoms with Gasteiger partial charge in [0.2, 0.25) is 11.4 Å². The second-order valence-corrected chi connectivity index (χ2v) is 3.30. The topological polar surface area (TPSA) is 3.01 Å². The minimum atomic E-state index is 1.07. The minimum Gasteiger partial charge on any atom is -0.191 e. The van der Waals surface area contributed by atoms with Gasteiger partial charge in [0.25, 0.3) is 0 Å². The highest BCUT2D eigenvalue weighted by molar-refractivity contribution is 9.10. The fourth-order valence-electron chi connectivity index (χ4n) is 0.733. The lowest BCUT2D eigenvalue weighted by Crippen LogP contribution is -1.94. The second kappa shape index (κ2) is 3.88. The number of rotatable bonds is 1. The van der Waals surface area contributed by atoms with Gasteiger partial charge in [0.1, 0.15) is 7.05 Å². The Hall–Kier alpha value is -0.340. The van der Waals surface area contributed by atoms with Gasteiger partial charge in [-0.1, -0.05) is 15.9 Å². The van der Waals surface area contributed by atoms with Crippen LogP contribution in [0.2, 0.25) is 0 Å². The molecule has 1 rings (SSSR count). The van der Waals surface area contributed by atoms with Crippen molar-refractivity contribution in [3.63, 3.8) is 0 Å². The van der Waals surface area contributed by atoms with Crippen molar-refractivity contribution in [2.75, 3.05) is 7.05 Å². The number of hydrogen-bond donors (Lipinski definition) is 0. The molecule has 3 heteroatoms. The van der Waals surface area contributed by atoms with Crippen LogP contribution in [-0.4, -0.2) is 17.3 Å². The van der Waals surface area contributed by atoms with E-state index >= 15 is 0 Å². The van der Waals surface area contributed by atoms with Crippen molar-refractivity contribution in [2.24, 2.45) is 0 Å². The van der Waals surface area contributed by atoms with Crippen molar-refractivity contribution < 1.29 is 4.58 Å². The molecule has 0 spiro atoms. The summed E-state index contributed by atoms with van der Waals surface area (Å²) in [5, 5.41) is 0. The summed E-state index contributed by atoms with van der Waals surface area (Å²) >= 11 is 8.87. The van der Waals surface area contributed by atoms with Gasteiger partial charge in [-0.2, -0.15) is 4.58 Å². The molecule has 0 heterocycles. The first kappa shape index (κ1) is 8.75. The van der Waals surface area contributed by atoms with E-state index in [1.54, 1.807) is 0 Å². The maximum absolute atomic E-state index is 5.52. The second-order valence-electron chi connectivity index (χ2n) is 2.18. The summed E-state index contributed by atoms with van der Waals surface area (Å²) in [7, 11) is 1.90. The minimum absolute atomic E-state index is 1.07. The Morgan fingerprint density at radius 3 is 2.36 bits per heavy atom. The summed E-state index contributed by atoms with van der Waals surface area (Å²) in [6, 6.07) is 7.93. The molecular weight excluding hydrogens is 225 g/mol. The van der Waals surface area contributed by atoms with Gasteiger partial charge in [-0.05, 0) is 23.7 Å². The van der Waals surface area contributed by atoms with Crippen LogP contribution in [0, 0.1) is 0 Å². The molecule has 0 saturated carbocycles. The van der Waals surface area contributed by atoms with E-state index in [1.165, 1.54) is 5.67 Å². The molecular formula is C8H8BrClN+. The molecule has 0 saturated heterocycles. The zero-order valence-electron chi connectivity index (χ0n) is 6.09. The van der Waals surface area contributed by atoms with Crippen molar-refractivity contribution >= 4 is 38.9 Å². The van der Waals surface area contributed by atoms with Crippen LogP contribution in [0.1, 0.15) is 0 Å². The highest BCUT2D eigenvalue weighted by Gasteiger charge is 1.99. The average molecular weight is 234 g/mol. The summed E-state index contributed by atoms with van der Waals surface area (Å²) in [5.41, 5.74) is 2.58. The number of hydrogen-bond acceptors (Lipinski definition) is 0. The Kier molecular flexibility index (Phi) is 3.09. The van der Waals surface area contributed by atoms with E-state index in [0.29, 0.717) is 0 Å². The monoisotopic (exact) mass is 232 g/mol. The highest BCUT2D eigenvalue weighted by Crippen LogP contribution is 2.15. The SMILES string of the molecule is C[N+](=CCl)c1ccc(Br)cc1. The van der Waals surface area contributed by atoms with Crippen molar-refractivity contribution in [3.8, 4) is 0 Å². The first-order chi connectivity index (χ1) is 5.24. The van der Waals surface area contributed by atoms with Gasteiger partial charge in [-0.25, -0.2) is 0 Å². The molecule has 0 fully saturated rings. The molecule has 0 aliphatic carbocycles. The maximum atomic E-state index is 5.52. The third kappa shape index (κ3) is 2.31. The number of nitrogens with zero attached hydrogens (tertiary/aromatic N) is 1. The van der Waals surface area contributed by atoms with E-state index in [-0.39, 0.29) is 0 Å². The van der Waals surface area contributed by atoms with Crippen LogP contribution in [0.15, 0.2) is 28.7 Å². The molecule has 0 aliphatic heterocycles. The lowest BCUT2D eigenvalue weighted by Gasteiger charge is -1.93. The smallest absolute Gasteiger partial charge is 0.191 e. The van der Waals surface area contributed by atoms with Gasteiger partial charge in [0.15, 0.2) is 0 Å². The third-order valence-electron chi connectivity index (χ3n) is 1.38. The predicted octanol–water partition coefficient (Wildman–Crippen LogP) is 2.99. The van der Waals surface area contributed by atoms with Crippen LogP contribution < -0.4 is 0 Å². The zero-order chi connectivity index (χ0) is 8.27. The van der Waals surface area contributed by atoms with E-state index < -0.39 is 0 Å². The summed E-state index contributed by atoms with van der Waals surface area (Å²) < 4.78 is 2.91. The van der Waals surface area contributed by atoms with Gasteiger partial charge in [0.05, 0.1) is 0 Å². The van der Waals surface area contributed by atoms with E-state index in [4.69, 9.17) is 11.6 Å². The van der Waals surface area contributed by atoms with Gasteiger partial charge < -0.3 is 0 Å². The van der Waals surface area contributed by atoms with E-state index in [9.17, 15) is 0 Å².